The smallest absolute Gasteiger partial charge is 0.422 e. The van der Waals surface area contributed by atoms with Gasteiger partial charge in [-0.05, 0) is 24.3 Å². The monoisotopic (exact) mass is 411 g/mol. The normalized spacial score (nSPS) is 16.3. The standard InChI is InChI=1S/C20H20F3NO3S/c1-25-16-4-3-5-17(26-2)18(16)19-24(10-11-28-19)12-14-6-8-15(9-7-14)27-13-20(21,22)23/h3-11,24H,12-13H2,1-2H3. The lowest BCUT2D eigenvalue weighted by molar-refractivity contribution is -0.846. The number of methoxy groups -OCH3 is 2. The fourth-order valence-corrected chi connectivity index (χ4v) is 3.84. The van der Waals surface area contributed by atoms with Crippen LogP contribution in [-0.4, -0.2) is 32.4 Å². The maximum Gasteiger partial charge on any atom is 0.422 e. The highest BCUT2D eigenvalue weighted by Crippen LogP contribution is 2.33. The molecule has 4 nitrogen and oxygen atoms in total. The second-order valence-corrected chi connectivity index (χ2v) is 6.95. The fourth-order valence-electron chi connectivity index (χ4n) is 2.86. The third kappa shape index (κ3) is 4.88. The van der Waals surface area contributed by atoms with Crippen LogP contribution in [0.5, 0.6) is 17.2 Å². The van der Waals surface area contributed by atoms with Gasteiger partial charge in [0.2, 0.25) is 0 Å². The van der Waals surface area contributed by atoms with Crippen LogP contribution < -0.4 is 19.1 Å². The first-order valence-corrected chi connectivity index (χ1v) is 9.35. The molecular weight excluding hydrogens is 391 g/mol. The molecule has 1 N–H and O–H groups in total. The van der Waals surface area contributed by atoms with Crippen LogP contribution in [0.25, 0.3) is 0 Å². The van der Waals surface area contributed by atoms with Crippen molar-refractivity contribution in [3.63, 3.8) is 0 Å². The highest BCUT2D eigenvalue weighted by atomic mass is 32.1. The van der Waals surface area contributed by atoms with E-state index in [4.69, 9.17) is 14.2 Å². The predicted octanol–water partition coefficient (Wildman–Crippen LogP) is 2.63. The number of rotatable bonds is 7. The average Bonchev–Trinajstić information content (AvgIpc) is 3.13. The zero-order valence-electron chi connectivity index (χ0n) is 15.4. The summed E-state index contributed by atoms with van der Waals surface area (Å²) in [5, 5.41) is 3.03. The summed E-state index contributed by atoms with van der Waals surface area (Å²) < 4.78 is 52.5. The van der Waals surface area contributed by atoms with E-state index >= 15 is 0 Å². The molecule has 3 rings (SSSR count). The minimum absolute atomic E-state index is 0.193. The lowest BCUT2D eigenvalue weighted by Crippen LogP contribution is -3.07. The summed E-state index contributed by atoms with van der Waals surface area (Å²) in [6.07, 6.45) is -4.35. The fraction of sp³-hybridized carbons (Fsp3) is 0.250. The van der Waals surface area contributed by atoms with Gasteiger partial charge in [0.15, 0.2) is 18.0 Å². The van der Waals surface area contributed by atoms with Crippen LogP contribution in [0.2, 0.25) is 0 Å². The van der Waals surface area contributed by atoms with E-state index in [1.165, 1.54) is 0 Å². The van der Waals surface area contributed by atoms with E-state index in [1.54, 1.807) is 49.8 Å². The van der Waals surface area contributed by atoms with E-state index in [-0.39, 0.29) is 5.75 Å². The van der Waals surface area contributed by atoms with Crippen LogP contribution >= 0.6 is 0 Å². The van der Waals surface area contributed by atoms with Crippen LogP contribution in [-0.2, 0) is 17.9 Å². The predicted molar refractivity (Wildman–Crippen MR) is 102 cm³/mol. The topological polar surface area (TPSA) is 32.1 Å². The van der Waals surface area contributed by atoms with Crippen LogP contribution in [0.1, 0.15) is 11.1 Å². The number of quaternary nitrogens is 1. The van der Waals surface area contributed by atoms with Gasteiger partial charge in [0.1, 0.15) is 5.75 Å². The third-order valence-corrected chi connectivity index (χ3v) is 5.10. The van der Waals surface area contributed by atoms with Gasteiger partial charge in [-0.1, -0.05) is 24.7 Å². The maximum atomic E-state index is 12.3. The van der Waals surface area contributed by atoms with Gasteiger partial charge in [0, 0.05) is 22.6 Å². The molecule has 1 aliphatic rings. The molecule has 2 aromatic carbocycles. The number of nitrogens with one attached hydrogen (secondary N) is 1. The zero-order chi connectivity index (χ0) is 20.1. The van der Waals surface area contributed by atoms with Gasteiger partial charge in [-0.25, -0.2) is 0 Å². The maximum absolute atomic E-state index is 12.3. The quantitative estimate of drug-likeness (QED) is 0.432. The zero-order valence-corrected chi connectivity index (χ0v) is 16.2. The Bertz CT molecular complexity index is 802. The minimum atomic E-state index is -4.35. The Morgan fingerprint density at radius 3 is 2.25 bits per heavy atom. The number of alkyl halides is 3. The van der Waals surface area contributed by atoms with Gasteiger partial charge in [-0.15, -0.1) is 0 Å². The van der Waals surface area contributed by atoms with E-state index in [0.29, 0.717) is 6.54 Å². The Morgan fingerprint density at radius 1 is 1.04 bits per heavy atom. The molecule has 0 aliphatic carbocycles. The van der Waals surface area contributed by atoms with Crippen LogP contribution in [0.4, 0.5) is 13.2 Å². The molecule has 1 aliphatic heterocycles. The Labute approximate surface area is 165 Å². The van der Waals surface area contributed by atoms with Gasteiger partial charge in [-0.3, -0.25) is 0 Å². The van der Waals surface area contributed by atoms with Gasteiger partial charge in [-0.2, -0.15) is 13.2 Å². The van der Waals surface area contributed by atoms with Crippen LogP contribution in [0.3, 0.4) is 0 Å². The number of hydrogen-bond donors (Lipinski definition) is 1. The van der Waals surface area contributed by atoms with Crippen molar-refractivity contribution in [2.75, 3.05) is 20.8 Å². The highest BCUT2D eigenvalue weighted by Gasteiger charge is 2.31. The minimum Gasteiger partial charge on any atom is -0.553 e. The van der Waals surface area contributed by atoms with E-state index in [0.717, 1.165) is 32.9 Å². The second kappa shape index (κ2) is 8.70. The largest absolute Gasteiger partial charge is 0.553 e. The summed E-state index contributed by atoms with van der Waals surface area (Å²) in [4.78, 5) is 1.08. The number of hydrogen-bond acceptors (Lipinski definition) is 3. The molecule has 0 spiro atoms. The number of ether oxygens (including phenoxy) is 3. The molecule has 0 bridgehead atoms. The molecular formula is C20H20F3NO3S. The molecule has 0 amide bonds. The molecule has 1 heterocycles. The summed E-state index contributed by atoms with van der Waals surface area (Å²) >= 11 is 1.59. The molecule has 0 aromatic heterocycles. The van der Waals surface area contributed by atoms with Gasteiger partial charge >= 0.3 is 6.18 Å². The molecule has 0 saturated heterocycles. The summed E-state index contributed by atoms with van der Waals surface area (Å²) in [5.41, 5.74) is 1.86. The molecule has 1 atom stereocenters. The molecule has 0 saturated carbocycles. The summed E-state index contributed by atoms with van der Waals surface area (Å²) in [5.74, 6) is 1.64. The van der Waals surface area contributed by atoms with Crippen LogP contribution in [0.15, 0.2) is 42.5 Å². The SMILES string of the molecule is COc1cccc(OC)c1[C-]1[S+]=C[CH-][NH+]1Cc1ccc(OCC(F)(F)F)cc1. The number of benzene rings is 2. The first-order valence-electron chi connectivity index (χ1n) is 8.47. The summed E-state index contributed by atoms with van der Waals surface area (Å²) in [7, 11) is 3.23. The van der Waals surface area contributed by atoms with Crippen molar-refractivity contribution in [2.24, 2.45) is 0 Å². The molecule has 1 unspecified atom stereocenters. The average molecular weight is 411 g/mol. The van der Waals surface area contributed by atoms with Crippen LogP contribution in [0, 0.1) is 11.9 Å². The second-order valence-electron chi connectivity index (χ2n) is 6.04. The van der Waals surface area contributed by atoms with Crippen molar-refractivity contribution in [3.8, 4) is 17.2 Å². The lowest BCUT2D eigenvalue weighted by Gasteiger charge is -2.28. The Morgan fingerprint density at radius 2 is 1.68 bits per heavy atom. The van der Waals surface area contributed by atoms with Crippen molar-refractivity contribution in [2.45, 2.75) is 12.7 Å². The first kappa shape index (κ1) is 20.3. The molecule has 28 heavy (non-hydrogen) atoms. The van der Waals surface area contributed by atoms with Crippen molar-refractivity contribution >= 4 is 16.7 Å². The molecule has 150 valence electrons. The summed E-state index contributed by atoms with van der Waals surface area (Å²) in [6, 6.07) is 12.3. The molecule has 2 aromatic rings. The Hall–Kier alpha value is -2.45. The number of halogens is 3. The van der Waals surface area contributed by atoms with Gasteiger partial charge in [0.05, 0.1) is 26.1 Å². The van der Waals surface area contributed by atoms with E-state index in [9.17, 15) is 13.2 Å². The molecule has 0 radical (unpaired) electrons. The van der Waals surface area contributed by atoms with E-state index in [1.807, 2.05) is 30.1 Å². The lowest BCUT2D eigenvalue weighted by atomic mass is 10.1. The van der Waals surface area contributed by atoms with Crippen molar-refractivity contribution < 1.29 is 32.3 Å². The Kier molecular flexibility index (Phi) is 6.31. The van der Waals surface area contributed by atoms with Gasteiger partial charge < -0.3 is 19.1 Å². The Balaban J connectivity index is 1.73. The highest BCUT2D eigenvalue weighted by molar-refractivity contribution is 7.80. The van der Waals surface area contributed by atoms with E-state index < -0.39 is 12.8 Å². The molecule has 0 fully saturated rings. The third-order valence-electron chi connectivity index (χ3n) is 4.12. The first-order chi connectivity index (χ1) is 13.4. The summed E-state index contributed by atoms with van der Waals surface area (Å²) in [6.45, 7) is 1.36. The van der Waals surface area contributed by atoms with Crippen molar-refractivity contribution in [3.05, 3.63) is 65.5 Å². The van der Waals surface area contributed by atoms with Crippen molar-refractivity contribution in [1.82, 2.24) is 0 Å². The van der Waals surface area contributed by atoms with Gasteiger partial charge in [0.25, 0.3) is 5.37 Å². The van der Waals surface area contributed by atoms with Crippen molar-refractivity contribution in [1.29, 1.82) is 0 Å². The molecule has 8 heteroatoms. The van der Waals surface area contributed by atoms with E-state index in [2.05, 4.69) is 0 Å².